The van der Waals surface area contributed by atoms with E-state index >= 15 is 0 Å². The summed E-state index contributed by atoms with van der Waals surface area (Å²) < 4.78 is 1.79. The number of nitrogens with two attached hydrogens (primary N) is 1. The maximum Gasteiger partial charge on any atom is 0.255 e. The van der Waals surface area contributed by atoms with Gasteiger partial charge in [0.05, 0.1) is 5.56 Å². The molecule has 0 saturated heterocycles. The molecule has 138 valence electrons. The summed E-state index contributed by atoms with van der Waals surface area (Å²) in [6.07, 6.45) is 4.13. The summed E-state index contributed by atoms with van der Waals surface area (Å²) in [6.45, 7) is 3.89. The van der Waals surface area contributed by atoms with Gasteiger partial charge in [0.15, 0.2) is 11.5 Å². The van der Waals surface area contributed by atoms with Crippen LogP contribution in [0.3, 0.4) is 0 Å². The number of carbonyl (C=O) groups excluding carboxylic acids is 2. The molecule has 1 fully saturated rings. The van der Waals surface area contributed by atoms with Crippen LogP contribution in [0.4, 0.5) is 0 Å². The van der Waals surface area contributed by atoms with Crippen molar-refractivity contribution in [2.24, 2.45) is 11.7 Å². The Morgan fingerprint density at radius 2 is 2.04 bits per heavy atom. The first-order valence-electron chi connectivity index (χ1n) is 9.01. The number of carbonyl (C=O) groups is 2. The molecule has 0 radical (unpaired) electrons. The summed E-state index contributed by atoms with van der Waals surface area (Å²) in [6, 6.07) is 8.77. The van der Waals surface area contributed by atoms with Crippen molar-refractivity contribution in [2.45, 2.75) is 32.7 Å². The molecule has 4 rings (SSSR count). The fraction of sp³-hybridized carbons (Fsp3) is 0.300. The molecule has 3 N–H and O–H groups in total. The van der Waals surface area contributed by atoms with Gasteiger partial charge in [0.25, 0.3) is 5.91 Å². The number of amides is 2. The van der Waals surface area contributed by atoms with Gasteiger partial charge in [-0.25, -0.2) is 9.97 Å². The smallest absolute Gasteiger partial charge is 0.255 e. The Morgan fingerprint density at radius 3 is 2.74 bits per heavy atom. The van der Waals surface area contributed by atoms with Gasteiger partial charge in [0.1, 0.15) is 5.82 Å². The van der Waals surface area contributed by atoms with Crippen molar-refractivity contribution in [3.8, 4) is 11.4 Å². The fourth-order valence-corrected chi connectivity index (χ4v) is 3.25. The van der Waals surface area contributed by atoms with Gasteiger partial charge in [0, 0.05) is 23.4 Å². The molecule has 2 aromatic heterocycles. The van der Waals surface area contributed by atoms with E-state index in [9.17, 15) is 9.59 Å². The Hall–Kier alpha value is -3.22. The molecule has 1 unspecified atom stereocenters. The summed E-state index contributed by atoms with van der Waals surface area (Å²) in [5.41, 5.74) is 7.49. The maximum atomic E-state index is 12.7. The molecular weight excluding hydrogens is 342 g/mol. The molecule has 1 saturated carbocycles. The second-order valence-corrected chi connectivity index (χ2v) is 7.06. The summed E-state index contributed by atoms with van der Waals surface area (Å²) in [4.78, 5) is 33.3. The van der Waals surface area contributed by atoms with E-state index in [1.807, 2.05) is 19.9 Å². The van der Waals surface area contributed by atoms with E-state index in [0.29, 0.717) is 39.9 Å². The highest BCUT2D eigenvalue weighted by molar-refractivity contribution is 6.00. The van der Waals surface area contributed by atoms with Gasteiger partial charge in [0.2, 0.25) is 5.91 Å². The van der Waals surface area contributed by atoms with Crippen molar-refractivity contribution >= 4 is 17.5 Å². The lowest BCUT2D eigenvalue weighted by Gasteiger charge is -2.12. The van der Waals surface area contributed by atoms with Crippen LogP contribution in [-0.4, -0.2) is 32.2 Å². The largest absolute Gasteiger partial charge is 0.366 e. The zero-order chi connectivity index (χ0) is 19.1. The highest BCUT2D eigenvalue weighted by atomic mass is 16.2. The van der Waals surface area contributed by atoms with Crippen LogP contribution >= 0.6 is 0 Å². The zero-order valence-corrected chi connectivity index (χ0v) is 15.3. The van der Waals surface area contributed by atoms with Crippen molar-refractivity contribution in [3.63, 3.8) is 0 Å². The molecule has 1 aliphatic carbocycles. The van der Waals surface area contributed by atoms with E-state index in [2.05, 4.69) is 15.3 Å². The van der Waals surface area contributed by atoms with Crippen LogP contribution in [0.1, 0.15) is 46.3 Å². The number of aromatic nitrogens is 3. The van der Waals surface area contributed by atoms with Gasteiger partial charge >= 0.3 is 0 Å². The number of hydrogen-bond acceptors (Lipinski definition) is 4. The monoisotopic (exact) mass is 363 g/mol. The molecule has 2 heterocycles. The standard InChI is InChI=1S/C20H21N5O2/c1-11(13-6-7-13)22-20(27)16-8-9-25-12(2)23-18(24-19(16)25)15-5-3-4-14(10-15)17(21)26/h3-5,8-11,13H,6-7H2,1-2H3,(H2,21,26)(H,22,27). The van der Waals surface area contributed by atoms with E-state index in [4.69, 9.17) is 5.73 Å². The summed E-state index contributed by atoms with van der Waals surface area (Å²) >= 11 is 0. The van der Waals surface area contributed by atoms with Crippen molar-refractivity contribution < 1.29 is 9.59 Å². The number of nitrogens with zero attached hydrogens (tertiary/aromatic N) is 3. The number of aryl methyl sites for hydroxylation is 1. The van der Waals surface area contributed by atoms with Gasteiger partial charge in [-0.2, -0.15) is 0 Å². The van der Waals surface area contributed by atoms with E-state index in [1.54, 1.807) is 34.9 Å². The molecule has 7 nitrogen and oxygen atoms in total. The third-order valence-corrected chi connectivity index (χ3v) is 5.03. The third kappa shape index (κ3) is 3.28. The Balaban J connectivity index is 1.74. The first-order chi connectivity index (χ1) is 12.9. The highest BCUT2D eigenvalue weighted by Crippen LogP contribution is 2.32. The SMILES string of the molecule is Cc1nc(-c2cccc(C(N)=O)c2)nc2c(C(=O)NC(C)C3CC3)ccn12. The van der Waals surface area contributed by atoms with E-state index in [0.717, 1.165) is 0 Å². The lowest BCUT2D eigenvalue weighted by Crippen LogP contribution is -2.34. The van der Waals surface area contributed by atoms with Gasteiger partial charge in [-0.3, -0.25) is 14.0 Å². The lowest BCUT2D eigenvalue weighted by molar-refractivity contribution is 0.0936. The number of primary amides is 1. The Labute approximate surface area is 156 Å². The van der Waals surface area contributed by atoms with Gasteiger partial charge in [-0.1, -0.05) is 12.1 Å². The van der Waals surface area contributed by atoms with E-state index in [1.165, 1.54) is 12.8 Å². The zero-order valence-electron chi connectivity index (χ0n) is 15.3. The summed E-state index contributed by atoms with van der Waals surface area (Å²) in [7, 11) is 0. The third-order valence-electron chi connectivity index (χ3n) is 5.03. The van der Waals surface area contributed by atoms with Crippen LogP contribution in [-0.2, 0) is 0 Å². The molecule has 2 amide bonds. The van der Waals surface area contributed by atoms with E-state index in [-0.39, 0.29) is 11.9 Å². The van der Waals surface area contributed by atoms with Crippen LogP contribution in [0.5, 0.6) is 0 Å². The number of hydrogen-bond donors (Lipinski definition) is 2. The number of nitrogens with one attached hydrogen (secondary N) is 1. The quantitative estimate of drug-likeness (QED) is 0.726. The van der Waals surface area contributed by atoms with Gasteiger partial charge < -0.3 is 11.1 Å². The lowest BCUT2D eigenvalue weighted by atomic mass is 10.1. The number of benzene rings is 1. The van der Waals surface area contributed by atoms with Crippen LogP contribution in [0.2, 0.25) is 0 Å². The van der Waals surface area contributed by atoms with Crippen molar-refractivity contribution in [3.05, 3.63) is 53.5 Å². The Kier molecular flexibility index (Phi) is 4.14. The fourth-order valence-electron chi connectivity index (χ4n) is 3.25. The first-order valence-corrected chi connectivity index (χ1v) is 9.01. The Bertz CT molecular complexity index is 1050. The highest BCUT2D eigenvalue weighted by Gasteiger charge is 2.29. The normalized spacial score (nSPS) is 14.9. The van der Waals surface area contributed by atoms with Crippen LogP contribution in [0.15, 0.2) is 36.5 Å². The predicted molar refractivity (Wildman–Crippen MR) is 101 cm³/mol. The van der Waals surface area contributed by atoms with Crippen molar-refractivity contribution in [1.29, 1.82) is 0 Å². The van der Waals surface area contributed by atoms with Gasteiger partial charge in [-0.15, -0.1) is 0 Å². The minimum Gasteiger partial charge on any atom is -0.366 e. The molecule has 1 aliphatic rings. The van der Waals surface area contributed by atoms with Crippen LogP contribution < -0.4 is 11.1 Å². The van der Waals surface area contributed by atoms with Crippen LogP contribution in [0.25, 0.3) is 17.0 Å². The van der Waals surface area contributed by atoms with E-state index < -0.39 is 5.91 Å². The first kappa shape index (κ1) is 17.2. The average Bonchev–Trinajstić information content (AvgIpc) is 3.41. The number of rotatable bonds is 5. The second kappa shape index (κ2) is 6.50. The molecule has 27 heavy (non-hydrogen) atoms. The van der Waals surface area contributed by atoms with Crippen molar-refractivity contribution in [1.82, 2.24) is 19.7 Å². The topological polar surface area (TPSA) is 102 Å². The molecule has 0 aliphatic heterocycles. The minimum absolute atomic E-state index is 0.133. The molecule has 3 aromatic rings. The molecular formula is C20H21N5O2. The molecule has 0 bridgehead atoms. The number of fused-ring (bicyclic) bond motifs is 1. The summed E-state index contributed by atoms with van der Waals surface area (Å²) in [5.74, 6) is 1.09. The maximum absolute atomic E-state index is 12.7. The Morgan fingerprint density at radius 1 is 1.26 bits per heavy atom. The molecule has 1 aromatic carbocycles. The minimum atomic E-state index is -0.508. The van der Waals surface area contributed by atoms with Crippen molar-refractivity contribution in [2.75, 3.05) is 0 Å². The summed E-state index contributed by atoms with van der Waals surface area (Å²) in [5, 5.41) is 3.07. The average molecular weight is 363 g/mol. The van der Waals surface area contributed by atoms with Crippen LogP contribution in [0, 0.1) is 12.8 Å². The molecule has 1 atom stereocenters. The second-order valence-electron chi connectivity index (χ2n) is 7.06. The molecule has 7 heteroatoms. The molecule has 0 spiro atoms. The predicted octanol–water partition coefficient (Wildman–Crippen LogP) is 2.33. The van der Waals surface area contributed by atoms with Gasteiger partial charge in [-0.05, 0) is 50.8 Å².